The highest BCUT2D eigenvalue weighted by atomic mass is 35.5. The Balaban J connectivity index is 1.85. The smallest absolute Gasteiger partial charge is 0.269 e. The van der Waals surface area contributed by atoms with Gasteiger partial charge in [-0.25, -0.2) is 17.2 Å². The predicted molar refractivity (Wildman–Crippen MR) is 110 cm³/mol. The molecule has 0 bridgehead atoms. The van der Waals surface area contributed by atoms with Crippen LogP contribution in [0.3, 0.4) is 0 Å². The topological polar surface area (TPSA) is 84.5 Å². The Hall–Kier alpha value is -2.23. The molecule has 1 aliphatic rings. The lowest BCUT2D eigenvalue weighted by molar-refractivity contribution is 0.0941. The van der Waals surface area contributed by atoms with E-state index >= 15 is 0 Å². The SMILES string of the molecule is COc1cc(F)cc(-c2cc(Cl)c(F)c(C(=O)NNS(=O)(=O)C3CCCCC3)c2)c1. The molecule has 6 nitrogen and oxygen atoms in total. The van der Waals surface area contributed by atoms with Gasteiger partial charge in [0.1, 0.15) is 11.6 Å². The zero-order valence-corrected chi connectivity index (χ0v) is 17.7. The summed E-state index contributed by atoms with van der Waals surface area (Å²) >= 11 is 5.92. The number of rotatable bonds is 6. The molecule has 0 spiro atoms. The number of sulfonamides is 1. The first-order chi connectivity index (χ1) is 14.2. The second-order valence-corrected chi connectivity index (χ2v) is 9.43. The molecule has 2 aromatic carbocycles. The van der Waals surface area contributed by atoms with Gasteiger partial charge in [0.15, 0.2) is 5.82 Å². The molecule has 0 heterocycles. The number of amides is 1. The summed E-state index contributed by atoms with van der Waals surface area (Å²) in [4.78, 5) is 14.5. The van der Waals surface area contributed by atoms with Crippen molar-refractivity contribution in [2.45, 2.75) is 37.4 Å². The second kappa shape index (κ2) is 9.28. The third kappa shape index (κ3) is 5.08. The zero-order valence-electron chi connectivity index (χ0n) is 16.2. The fourth-order valence-corrected chi connectivity index (χ4v) is 4.99. The van der Waals surface area contributed by atoms with Gasteiger partial charge < -0.3 is 4.74 Å². The molecule has 0 aliphatic heterocycles. The Bertz CT molecular complexity index is 1060. The molecule has 2 N–H and O–H groups in total. The van der Waals surface area contributed by atoms with Crippen LogP contribution in [-0.2, 0) is 10.0 Å². The molecular weight excluding hydrogens is 438 g/mol. The van der Waals surface area contributed by atoms with E-state index in [1.807, 2.05) is 10.3 Å². The number of ether oxygens (including phenoxy) is 1. The van der Waals surface area contributed by atoms with E-state index in [9.17, 15) is 22.0 Å². The molecule has 0 aromatic heterocycles. The van der Waals surface area contributed by atoms with Gasteiger partial charge in [0, 0.05) is 6.07 Å². The summed E-state index contributed by atoms with van der Waals surface area (Å²) in [6.07, 6.45) is 3.57. The summed E-state index contributed by atoms with van der Waals surface area (Å²) in [5, 5.41) is -0.970. The minimum atomic E-state index is -3.79. The highest BCUT2D eigenvalue weighted by molar-refractivity contribution is 7.90. The quantitative estimate of drug-likeness (QED) is 0.636. The van der Waals surface area contributed by atoms with Crippen molar-refractivity contribution in [3.8, 4) is 16.9 Å². The van der Waals surface area contributed by atoms with Crippen molar-refractivity contribution in [3.63, 3.8) is 0 Å². The molecule has 1 amide bonds. The lowest BCUT2D eigenvalue weighted by Crippen LogP contribution is -2.46. The van der Waals surface area contributed by atoms with E-state index in [0.717, 1.165) is 19.3 Å². The van der Waals surface area contributed by atoms with Crippen LogP contribution < -0.4 is 15.0 Å². The van der Waals surface area contributed by atoms with Gasteiger partial charge in [-0.15, -0.1) is 4.83 Å². The van der Waals surface area contributed by atoms with Crippen LogP contribution in [0, 0.1) is 11.6 Å². The maximum atomic E-state index is 14.5. The van der Waals surface area contributed by atoms with Crippen LogP contribution in [0.15, 0.2) is 30.3 Å². The van der Waals surface area contributed by atoms with E-state index < -0.39 is 38.4 Å². The summed E-state index contributed by atoms with van der Waals surface area (Å²) < 4.78 is 58.1. The van der Waals surface area contributed by atoms with Gasteiger partial charge >= 0.3 is 0 Å². The fourth-order valence-electron chi connectivity index (χ4n) is 3.41. The molecule has 1 fully saturated rings. The largest absolute Gasteiger partial charge is 0.497 e. The van der Waals surface area contributed by atoms with Gasteiger partial charge in [0.25, 0.3) is 5.91 Å². The summed E-state index contributed by atoms with van der Waals surface area (Å²) in [5.74, 6) is -2.38. The number of nitrogens with one attached hydrogen (secondary N) is 2. The normalized spacial score (nSPS) is 15.1. The Morgan fingerprint density at radius 2 is 1.73 bits per heavy atom. The molecule has 1 saturated carbocycles. The third-order valence-corrected chi connectivity index (χ3v) is 7.02. The van der Waals surface area contributed by atoms with Gasteiger partial charge in [0.05, 0.1) is 22.9 Å². The van der Waals surface area contributed by atoms with E-state index in [2.05, 4.69) is 0 Å². The first-order valence-electron chi connectivity index (χ1n) is 9.36. The summed E-state index contributed by atoms with van der Waals surface area (Å²) in [7, 11) is -2.42. The number of hydrogen-bond donors (Lipinski definition) is 2. The standard InChI is InChI=1S/C20H21ClF2N2O4S/c1-29-15-8-12(7-14(22)11-15)13-9-17(19(23)18(21)10-13)20(26)24-25-30(27,28)16-5-3-2-4-6-16/h7-11,16,25H,2-6H2,1H3,(H,24,26). The minimum absolute atomic E-state index is 0.233. The molecule has 1 aliphatic carbocycles. The Kier molecular flexibility index (Phi) is 6.95. The monoisotopic (exact) mass is 458 g/mol. The molecule has 162 valence electrons. The van der Waals surface area contributed by atoms with E-state index in [1.54, 1.807) is 0 Å². The molecule has 0 saturated heterocycles. The maximum absolute atomic E-state index is 14.5. The number of halogens is 3. The van der Waals surface area contributed by atoms with Crippen LogP contribution >= 0.6 is 11.6 Å². The van der Waals surface area contributed by atoms with Crippen LogP contribution in [0.5, 0.6) is 5.75 Å². The third-order valence-electron chi connectivity index (χ3n) is 5.01. The first kappa shape index (κ1) is 22.5. The second-order valence-electron chi connectivity index (χ2n) is 7.06. The van der Waals surface area contributed by atoms with Gasteiger partial charge in [-0.2, -0.15) is 0 Å². The van der Waals surface area contributed by atoms with Gasteiger partial charge in [0.2, 0.25) is 10.0 Å². The van der Waals surface area contributed by atoms with Crippen molar-refractivity contribution >= 4 is 27.5 Å². The Labute approximate surface area is 178 Å². The average Bonchev–Trinajstić information content (AvgIpc) is 2.74. The lowest BCUT2D eigenvalue weighted by Gasteiger charge is -2.22. The Morgan fingerprint density at radius 3 is 2.40 bits per heavy atom. The number of hydrazine groups is 1. The van der Waals surface area contributed by atoms with Crippen molar-refractivity contribution in [2.24, 2.45) is 0 Å². The highest BCUT2D eigenvalue weighted by Crippen LogP contribution is 2.31. The van der Waals surface area contributed by atoms with E-state index in [0.29, 0.717) is 18.4 Å². The minimum Gasteiger partial charge on any atom is -0.497 e. The van der Waals surface area contributed by atoms with Crippen LogP contribution in [0.1, 0.15) is 42.5 Å². The molecule has 3 rings (SSSR count). The zero-order chi connectivity index (χ0) is 21.9. The van der Waals surface area contributed by atoms with Crippen LogP contribution in [0.4, 0.5) is 8.78 Å². The van der Waals surface area contributed by atoms with Gasteiger partial charge in [-0.1, -0.05) is 30.9 Å². The maximum Gasteiger partial charge on any atom is 0.269 e. The number of carbonyl (C=O) groups excluding carboxylic acids is 1. The van der Waals surface area contributed by atoms with Crippen molar-refractivity contribution < 1.29 is 26.7 Å². The number of carbonyl (C=O) groups is 1. The van der Waals surface area contributed by atoms with Crippen molar-refractivity contribution in [3.05, 3.63) is 52.6 Å². The van der Waals surface area contributed by atoms with Gasteiger partial charge in [-0.3, -0.25) is 10.2 Å². The van der Waals surface area contributed by atoms with Crippen LogP contribution in [0.25, 0.3) is 11.1 Å². The van der Waals surface area contributed by atoms with E-state index in [-0.39, 0.29) is 16.3 Å². The van der Waals surface area contributed by atoms with Gasteiger partial charge in [-0.05, 0) is 48.2 Å². The molecule has 0 unspecified atom stereocenters. The summed E-state index contributed by atoms with van der Waals surface area (Å²) in [6, 6.07) is 6.26. The van der Waals surface area contributed by atoms with E-state index in [4.69, 9.17) is 16.3 Å². The van der Waals surface area contributed by atoms with Crippen molar-refractivity contribution in [1.29, 1.82) is 0 Å². The number of methoxy groups -OCH3 is 1. The number of hydrogen-bond acceptors (Lipinski definition) is 4. The Morgan fingerprint density at radius 1 is 1.07 bits per heavy atom. The van der Waals surface area contributed by atoms with Crippen LogP contribution in [-0.4, -0.2) is 26.7 Å². The van der Waals surface area contributed by atoms with Crippen molar-refractivity contribution in [2.75, 3.05) is 7.11 Å². The molecule has 30 heavy (non-hydrogen) atoms. The molecule has 0 atom stereocenters. The summed E-state index contributed by atoms with van der Waals surface area (Å²) in [5.41, 5.74) is 2.14. The molecule has 10 heteroatoms. The molecular formula is C20H21ClF2N2O4S. The van der Waals surface area contributed by atoms with Crippen molar-refractivity contribution in [1.82, 2.24) is 10.3 Å². The number of benzene rings is 2. The average molecular weight is 459 g/mol. The highest BCUT2D eigenvalue weighted by Gasteiger charge is 2.28. The summed E-state index contributed by atoms with van der Waals surface area (Å²) in [6.45, 7) is 0. The lowest BCUT2D eigenvalue weighted by atomic mass is 10.0. The van der Waals surface area contributed by atoms with E-state index in [1.165, 1.54) is 37.4 Å². The fraction of sp³-hybridized carbons (Fsp3) is 0.350. The molecule has 2 aromatic rings. The van der Waals surface area contributed by atoms with Crippen LogP contribution in [0.2, 0.25) is 5.02 Å². The molecule has 0 radical (unpaired) electrons. The predicted octanol–water partition coefficient (Wildman–Crippen LogP) is 4.19. The first-order valence-corrected chi connectivity index (χ1v) is 11.3.